The number of nitrogens with zero attached hydrogens (tertiary/aromatic N) is 2. The minimum atomic E-state index is -1.50. The summed E-state index contributed by atoms with van der Waals surface area (Å²) in [6.45, 7) is 1.93. The number of aromatic hydroxyl groups is 1. The van der Waals surface area contributed by atoms with Gasteiger partial charge >= 0.3 is 6.09 Å². The third-order valence-corrected chi connectivity index (χ3v) is 10.3. The molecular formula is C36H33N3O8. The molecule has 7 rings (SSSR count). The first kappa shape index (κ1) is 30.2. The summed E-state index contributed by atoms with van der Waals surface area (Å²) in [6, 6.07) is 21.0. The number of carbonyl (C=O) groups is 5. The molecule has 2 aliphatic heterocycles. The molecule has 0 spiro atoms. The minimum Gasteiger partial charge on any atom is -0.508 e. The van der Waals surface area contributed by atoms with Gasteiger partial charge in [-0.05, 0) is 49.4 Å². The Morgan fingerprint density at radius 2 is 1.64 bits per heavy atom. The second kappa shape index (κ2) is 11.1. The van der Waals surface area contributed by atoms with Crippen molar-refractivity contribution in [3.05, 3.63) is 101 Å². The molecule has 5 amide bonds. The van der Waals surface area contributed by atoms with E-state index < -0.39 is 64.7 Å². The number of phenolic OH excluding ortho intramolecular Hbond substituents is 1. The Morgan fingerprint density at radius 1 is 0.915 bits per heavy atom. The van der Waals surface area contributed by atoms with Gasteiger partial charge in [0, 0.05) is 17.5 Å². The SMILES string of the molecule is COC(=O)N1C(=O)C2CC=C3C(CC4C(=O)N(Nc5ccc(C)cc5)C(=O)C4(c4ccccc4)C3c3ccc(O)cc3OC)C2C1=O. The molecule has 11 nitrogen and oxygen atoms in total. The van der Waals surface area contributed by atoms with Crippen molar-refractivity contribution in [1.82, 2.24) is 9.91 Å². The zero-order valence-electron chi connectivity index (χ0n) is 26.0. The first-order valence-electron chi connectivity index (χ1n) is 15.4. The highest BCUT2D eigenvalue weighted by Gasteiger charge is 2.71. The van der Waals surface area contributed by atoms with Crippen LogP contribution >= 0.6 is 0 Å². The number of allylic oxidation sites excluding steroid dienone is 2. The number of rotatable bonds is 5. The van der Waals surface area contributed by atoms with E-state index in [1.54, 1.807) is 18.2 Å². The van der Waals surface area contributed by atoms with Crippen molar-refractivity contribution in [1.29, 1.82) is 0 Å². The first-order valence-corrected chi connectivity index (χ1v) is 15.4. The highest BCUT2D eigenvalue weighted by molar-refractivity contribution is 6.16. The average Bonchev–Trinajstić information content (AvgIpc) is 3.46. The molecule has 2 saturated heterocycles. The van der Waals surface area contributed by atoms with Crippen molar-refractivity contribution in [2.75, 3.05) is 19.6 Å². The molecule has 2 N–H and O–H groups in total. The number of amides is 5. The second-order valence-corrected chi connectivity index (χ2v) is 12.5. The number of carbonyl (C=O) groups excluding carboxylic acids is 5. The van der Waals surface area contributed by atoms with Gasteiger partial charge in [0.15, 0.2) is 0 Å². The van der Waals surface area contributed by atoms with Crippen LogP contribution in [-0.4, -0.2) is 59.0 Å². The number of fused-ring (bicyclic) bond motifs is 4. The second-order valence-electron chi connectivity index (χ2n) is 12.5. The first-order chi connectivity index (χ1) is 22.6. The Balaban J connectivity index is 1.47. The van der Waals surface area contributed by atoms with Crippen LogP contribution in [-0.2, 0) is 29.3 Å². The molecule has 6 unspecified atom stereocenters. The molecule has 4 aliphatic rings. The number of phenols is 1. The molecule has 3 aromatic carbocycles. The minimum absolute atomic E-state index is 0.0530. The maximum Gasteiger partial charge on any atom is 0.423 e. The molecule has 1 saturated carbocycles. The number of hydrogen-bond acceptors (Lipinski definition) is 9. The predicted molar refractivity (Wildman–Crippen MR) is 168 cm³/mol. The normalized spacial score (nSPS) is 28.0. The number of likely N-dealkylation sites (tertiary alicyclic amines) is 1. The third kappa shape index (κ3) is 4.29. The van der Waals surface area contributed by atoms with Gasteiger partial charge in [-0.3, -0.25) is 24.6 Å². The average molecular weight is 636 g/mol. The highest BCUT2D eigenvalue weighted by Crippen LogP contribution is 2.65. The lowest BCUT2D eigenvalue weighted by atomic mass is 9.49. The zero-order valence-corrected chi connectivity index (χ0v) is 26.0. The number of hydrazine groups is 1. The third-order valence-electron chi connectivity index (χ3n) is 10.3. The van der Waals surface area contributed by atoms with Crippen molar-refractivity contribution >= 4 is 35.4 Å². The van der Waals surface area contributed by atoms with E-state index in [-0.39, 0.29) is 18.6 Å². The van der Waals surface area contributed by atoms with Crippen LogP contribution in [0.2, 0.25) is 0 Å². The molecule has 240 valence electrons. The number of ether oxygens (including phenoxy) is 2. The summed E-state index contributed by atoms with van der Waals surface area (Å²) < 4.78 is 10.5. The number of benzene rings is 3. The Kier molecular flexibility index (Phi) is 7.14. The maximum atomic E-state index is 15.1. The van der Waals surface area contributed by atoms with Crippen LogP contribution in [0.5, 0.6) is 11.5 Å². The van der Waals surface area contributed by atoms with E-state index in [1.807, 2.05) is 55.5 Å². The van der Waals surface area contributed by atoms with Crippen molar-refractivity contribution in [2.24, 2.45) is 23.7 Å². The lowest BCUT2D eigenvalue weighted by Crippen LogP contribution is -2.53. The van der Waals surface area contributed by atoms with Crippen LogP contribution in [0.1, 0.15) is 35.4 Å². The number of anilines is 1. The topological polar surface area (TPSA) is 143 Å². The van der Waals surface area contributed by atoms with Crippen LogP contribution in [0.4, 0.5) is 10.5 Å². The van der Waals surface area contributed by atoms with E-state index in [0.29, 0.717) is 33.0 Å². The van der Waals surface area contributed by atoms with Crippen molar-refractivity contribution < 1.29 is 38.6 Å². The molecule has 3 aromatic rings. The number of methoxy groups -OCH3 is 2. The number of nitrogens with one attached hydrogen (secondary N) is 1. The lowest BCUT2D eigenvalue weighted by Gasteiger charge is -2.50. The molecule has 3 fully saturated rings. The van der Waals surface area contributed by atoms with Crippen LogP contribution < -0.4 is 10.2 Å². The van der Waals surface area contributed by atoms with Gasteiger partial charge in [0.2, 0.25) is 11.8 Å². The lowest BCUT2D eigenvalue weighted by molar-refractivity contribution is -0.140. The van der Waals surface area contributed by atoms with Gasteiger partial charge in [0.1, 0.15) is 11.5 Å². The van der Waals surface area contributed by atoms with Crippen LogP contribution in [0.3, 0.4) is 0 Å². The summed E-state index contributed by atoms with van der Waals surface area (Å²) in [4.78, 5) is 70.2. The Morgan fingerprint density at radius 3 is 2.32 bits per heavy atom. The Hall–Kier alpha value is -5.45. The van der Waals surface area contributed by atoms with Gasteiger partial charge in [0.05, 0.1) is 43.1 Å². The number of hydrogen-bond donors (Lipinski definition) is 2. The van der Waals surface area contributed by atoms with E-state index in [4.69, 9.17) is 9.47 Å². The van der Waals surface area contributed by atoms with Gasteiger partial charge < -0.3 is 14.6 Å². The molecule has 0 aromatic heterocycles. The van der Waals surface area contributed by atoms with Crippen molar-refractivity contribution in [3.63, 3.8) is 0 Å². The maximum absolute atomic E-state index is 15.1. The molecule has 6 atom stereocenters. The molecule has 11 heteroatoms. The molecular weight excluding hydrogens is 602 g/mol. The van der Waals surface area contributed by atoms with Gasteiger partial charge in [-0.15, -0.1) is 0 Å². The van der Waals surface area contributed by atoms with Gasteiger partial charge in [-0.1, -0.05) is 65.7 Å². The molecule has 0 bridgehead atoms. The summed E-state index contributed by atoms with van der Waals surface area (Å²) in [5.41, 5.74) is 4.94. The van der Waals surface area contributed by atoms with Crippen molar-refractivity contribution in [2.45, 2.75) is 31.1 Å². The Bertz CT molecular complexity index is 1860. The number of aryl methyl sites for hydroxylation is 1. The van der Waals surface area contributed by atoms with E-state index in [9.17, 15) is 24.3 Å². The summed E-state index contributed by atoms with van der Waals surface area (Å²) in [7, 11) is 2.56. The van der Waals surface area contributed by atoms with Crippen LogP contribution in [0.15, 0.2) is 84.4 Å². The zero-order chi connectivity index (χ0) is 33.2. The molecule has 47 heavy (non-hydrogen) atoms. The van der Waals surface area contributed by atoms with Gasteiger partial charge in [0.25, 0.3) is 11.8 Å². The summed E-state index contributed by atoms with van der Waals surface area (Å²) in [6.07, 6.45) is 1.05. The molecule has 2 heterocycles. The fraction of sp³-hybridized carbons (Fsp3) is 0.306. The standard InChI is InChI=1S/C36H33N3O8/c1-19-9-11-21(12-10-19)37-39-32(42)27-18-26-23(15-16-25-29(26)33(43)38(31(25)41)35(45)47-3)30(24-14-13-22(40)17-28(24)46-2)36(27,34(39)44)20-7-5-4-6-8-20/h4-15,17,25-27,29-30,37,40H,16,18H2,1-3H3. The highest BCUT2D eigenvalue weighted by atomic mass is 16.5. The monoisotopic (exact) mass is 635 g/mol. The van der Waals surface area contributed by atoms with Crippen LogP contribution in [0, 0.1) is 30.6 Å². The van der Waals surface area contributed by atoms with E-state index >= 15 is 4.79 Å². The summed E-state index contributed by atoms with van der Waals surface area (Å²) >= 11 is 0. The van der Waals surface area contributed by atoms with Crippen molar-refractivity contribution in [3.8, 4) is 11.5 Å². The fourth-order valence-corrected chi connectivity index (χ4v) is 8.30. The Labute approximate surface area is 270 Å². The molecule has 0 radical (unpaired) electrons. The largest absolute Gasteiger partial charge is 0.508 e. The van der Waals surface area contributed by atoms with E-state index in [1.165, 1.54) is 19.2 Å². The smallest absolute Gasteiger partial charge is 0.423 e. The van der Waals surface area contributed by atoms with E-state index in [2.05, 4.69) is 5.43 Å². The molecule has 2 aliphatic carbocycles. The quantitative estimate of drug-likeness (QED) is 0.307. The van der Waals surface area contributed by atoms with Crippen LogP contribution in [0.25, 0.3) is 0 Å². The van der Waals surface area contributed by atoms with E-state index in [0.717, 1.165) is 17.7 Å². The summed E-state index contributed by atoms with van der Waals surface area (Å²) in [5.74, 6) is -6.30. The fourth-order valence-electron chi connectivity index (χ4n) is 8.30. The predicted octanol–water partition coefficient (Wildman–Crippen LogP) is 4.46. The number of imide groups is 4. The van der Waals surface area contributed by atoms with Gasteiger partial charge in [-0.2, -0.15) is 9.91 Å². The van der Waals surface area contributed by atoms with Gasteiger partial charge in [-0.25, -0.2) is 4.79 Å². The summed E-state index contributed by atoms with van der Waals surface area (Å²) in [5, 5.41) is 11.5.